The molecule has 2 N–H and O–H groups in total. The normalized spacial score (nSPS) is 17.9. The first-order valence-corrected chi connectivity index (χ1v) is 7.14. The largest absolute Gasteiger partial charge is 0.505 e. The van der Waals surface area contributed by atoms with Gasteiger partial charge in [-0.05, 0) is 25.5 Å². The minimum atomic E-state index is -0.633. The summed E-state index contributed by atoms with van der Waals surface area (Å²) in [6.45, 7) is 9.29. The Hall–Kier alpha value is -1.10. The molecule has 3 nitrogen and oxygen atoms in total. The number of phenolic OH excluding ortho intramolecular Hbond substituents is 1. The fraction of sp³-hybridized carbons (Fsp3) is 0.467. The highest BCUT2D eigenvalue weighted by Crippen LogP contribution is 2.39. The maximum atomic E-state index is 13.7. The summed E-state index contributed by atoms with van der Waals surface area (Å²) in [5.74, 6) is -0.978. The molecule has 1 aromatic rings. The number of halogens is 2. The quantitative estimate of drug-likeness (QED) is 0.839. The Morgan fingerprint density at radius 3 is 2.75 bits per heavy atom. The van der Waals surface area contributed by atoms with Gasteiger partial charge in [0.05, 0.1) is 0 Å². The average Bonchev–Trinajstić information content (AvgIpc) is 2.43. The minimum absolute atomic E-state index is 0.141. The fourth-order valence-corrected chi connectivity index (χ4v) is 2.89. The maximum absolute atomic E-state index is 13.7. The van der Waals surface area contributed by atoms with Crippen LogP contribution in [0, 0.1) is 5.82 Å². The van der Waals surface area contributed by atoms with Gasteiger partial charge in [0.2, 0.25) is 0 Å². The number of piperazine rings is 1. The molecule has 1 saturated heterocycles. The van der Waals surface area contributed by atoms with Crippen LogP contribution in [0.1, 0.15) is 24.9 Å². The number of aromatic hydroxyl groups is 1. The van der Waals surface area contributed by atoms with Crippen molar-refractivity contribution in [1.82, 2.24) is 10.2 Å². The summed E-state index contributed by atoms with van der Waals surface area (Å²) < 4.78 is 13.7. The highest BCUT2D eigenvalue weighted by atomic mass is 35.5. The van der Waals surface area contributed by atoms with Gasteiger partial charge in [0.1, 0.15) is 0 Å². The van der Waals surface area contributed by atoms with Crippen molar-refractivity contribution in [2.75, 3.05) is 26.2 Å². The number of nitrogens with zero attached hydrogens (tertiary/aromatic N) is 1. The van der Waals surface area contributed by atoms with Crippen molar-refractivity contribution in [2.24, 2.45) is 0 Å². The van der Waals surface area contributed by atoms with E-state index >= 15 is 0 Å². The summed E-state index contributed by atoms with van der Waals surface area (Å²) in [6, 6.07) is 2.55. The highest BCUT2D eigenvalue weighted by molar-refractivity contribution is 6.31. The number of hydrogen-bond acceptors (Lipinski definition) is 3. The Kier molecular flexibility index (Phi) is 5.02. The van der Waals surface area contributed by atoms with Gasteiger partial charge in [-0.1, -0.05) is 17.2 Å². The van der Waals surface area contributed by atoms with Gasteiger partial charge in [-0.2, -0.15) is 0 Å². The van der Waals surface area contributed by atoms with E-state index < -0.39 is 5.82 Å². The first-order chi connectivity index (χ1) is 9.50. The zero-order chi connectivity index (χ0) is 14.7. The van der Waals surface area contributed by atoms with Crippen molar-refractivity contribution >= 4 is 11.6 Å². The molecule has 1 atom stereocenters. The predicted molar refractivity (Wildman–Crippen MR) is 79.7 cm³/mol. The van der Waals surface area contributed by atoms with Crippen LogP contribution in [-0.2, 0) is 0 Å². The lowest BCUT2D eigenvalue weighted by molar-refractivity contribution is 0.169. The zero-order valence-electron chi connectivity index (χ0n) is 11.6. The van der Waals surface area contributed by atoms with Gasteiger partial charge in [-0.25, -0.2) is 4.39 Å². The molecule has 0 aliphatic carbocycles. The molecule has 110 valence electrons. The van der Waals surface area contributed by atoms with Crippen LogP contribution in [0.3, 0.4) is 0 Å². The molecule has 0 saturated carbocycles. The van der Waals surface area contributed by atoms with Crippen molar-refractivity contribution in [3.8, 4) is 5.75 Å². The lowest BCUT2D eigenvalue weighted by atomic mass is 9.96. The summed E-state index contributed by atoms with van der Waals surface area (Å²) in [7, 11) is 0. The highest BCUT2D eigenvalue weighted by Gasteiger charge is 2.27. The van der Waals surface area contributed by atoms with E-state index in [0.717, 1.165) is 31.8 Å². The Balaban J connectivity index is 2.40. The molecule has 0 aromatic heterocycles. The van der Waals surface area contributed by atoms with E-state index in [0.29, 0.717) is 17.0 Å². The van der Waals surface area contributed by atoms with Crippen molar-refractivity contribution in [3.05, 3.63) is 40.7 Å². The second-order valence-corrected chi connectivity index (χ2v) is 5.66. The summed E-state index contributed by atoms with van der Waals surface area (Å²) in [5, 5.41) is 13.7. The van der Waals surface area contributed by atoms with Crippen LogP contribution in [0.4, 0.5) is 4.39 Å². The van der Waals surface area contributed by atoms with Crippen LogP contribution in [0.5, 0.6) is 5.75 Å². The molecule has 1 heterocycles. The third kappa shape index (κ3) is 3.32. The molecule has 1 aromatic carbocycles. The van der Waals surface area contributed by atoms with Crippen molar-refractivity contribution in [1.29, 1.82) is 0 Å². The van der Waals surface area contributed by atoms with Crippen molar-refractivity contribution < 1.29 is 9.50 Å². The van der Waals surface area contributed by atoms with Crippen LogP contribution in [0.2, 0.25) is 5.02 Å². The van der Waals surface area contributed by atoms with E-state index in [-0.39, 0.29) is 11.8 Å². The SMILES string of the molecule is C=C(C)C[C@H](c1c(Cl)ccc(F)c1O)N1CCNCC1. The molecular formula is C15H20ClFN2O. The number of benzene rings is 1. The Morgan fingerprint density at radius 2 is 2.15 bits per heavy atom. The van der Waals surface area contributed by atoms with Crippen LogP contribution in [0.25, 0.3) is 0 Å². The first kappa shape index (κ1) is 15.3. The molecule has 1 aliphatic heterocycles. The Morgan fingerprint density at radius 1 is 1.50 bits per heavy atom. The van der Waals surface area contributed by atoms with Crippen LogP contribution in [0.15, 0.2) is 24.3 Å². The van der Waals surface area contributed by atoms with Gasteiger partial charge in [0.25, 0.3) is 0 Å². The lowest BCUT2D eigenvalue weighted by Crippen LogP contribution is -2.45. The van der Waals surface area contributed by atoms with Gasteiger partial charge < -0.3 is 10.4 Å². The van der Waals surface area contributed by atoms with E-state index in [4.69, 9.17) is 11.6 Å². The van der Waals surface area contributed by atoms with Gasteiger partial charge in [-0.3, -0.25) is 4.90 Å². The smallest absolute Gasteiger partial charge is 0.165 e. The van der Waals surface area contributed by atoms with Gasteiger partial charge in [0, 0.05) is 42.8 Å². The Labute approximate surface area is 124 Å². The molecule has 5 heteroatoms. The molecule has 1 aliphatic rings. The van der Waals surface area contributed by atoms with Crippen molar-refractivity contribution in [2.45, 2.75) is 19.4 Å². The molecular weight excluding hydrogens is 279 g/mol. The third-order valence-corrected chi connectivity index (χ3v) is 3.91. The van der Waals surface area contributed by atoms with Crippen LogP contribution in [-0.4, -0.2) is 36.2 Å². The van der Waals surface area contributed by atoms with Gasteiger partial charge in [-0.15, -0.1) is 6.58 Å². The lowest BCUT2D eigenvalue weighted by Gasteiger charge is -2.36. The topological polar surface area (TPSA) is 35.5 Å². The standard InChI is InChI=1S/C15H20ClFN2O/c1-10(2)9-13(19-7-5-18-6-8-19)14-11(16)3-4-12(17)15(14)20/h3-4,13,18,20H,1,5-9H2,2H3/t13-/m1/s1. The molecule has 0 spiro atoms. The number of hydrogen-bond donors (Lipinski definition) is 2. The summed E-state index contributed by atoms with van der Waals surface area (Å²) in [5.41, 5.74) is 1.45. The van der Waals surface area contributed by atoms with Crippen LogP contribution < -0.4 is 5.32 Å². The molecule has 1 fully saturated rings. The minimum Gasteiger partial charge on any atom is -0.505 e. The van der Waals surface area contributed by atoms with E-state index in [1.807, 2.05) is 6.92 Å². The fourth-order valence-electron chi connectivity index (χ4n) is 2.61. The Bertz CT molecular complexity index is 501. The second kappa shape index (κ2) is 6.57. The van der Waals surface area contributed by atoms with Crippen LogP contribution >= 0.6 is 11.6 Å². The van der Waals surface area contributed by atoms with E-state index in [1.54, 1.807) is 0 Å². The van der Waals surface area contributed by atoms with E-state index in [2.05, 4.69) is 16.8 Å². The summed E-state index contributed by atoms with van der Waals surface area (Å²) in [6.07, 6.45) is 0.650. The van der Waals surface area contributed by atoms with Gasteiger partial charge >= 0.3 is 0 Å². The van der Waals surface area contributed by atoms with Gasteiger partial charge in [0.15, 0.2) is 11.6 Å². The molecule has 0 radical (unpaired) electrons. The first-order valence-electron chi connectivity index (χ1n) is 6.76. The molecule has 0 amide bonds. The predicted octanol–water partition coefficient (Wildman–Crippen LogP) is 3.10. The summed E-state index contributed by atoms with van der Waals surface area (Å²) >= 11 is 6.20. The maximum Gasteiger partial charge on any atom is 0.165 e. The van der Waals surface area contributed by atoms with E-state index in [1.165, 1.54) is 12.1 Å². The zero-order valence-corrected chi connectivity index (χ0v) is 12.4. The third-order valence-electron chi connectivity index (χ3n) is 3.58. The molecule has 20 heavy (non-hydrogen) atoms. The average molecular weight is 299 g/mol. The second-order valence-electron chi connectivity index (χ2n) is 5.25. The van der Waals surface area contributed by atoms with Crippen molar-refractivity contribution in [3.63, 3.8) is 0 Å². The monoisotopic (exact) mass is 298 g/mol. The summed E-state index contributed by atoms with van der Waals surface area (Å²) in [4.78, 5) is 2.21. The molecule has 0 bridgehead atoms. The molecule has 0 unspecified atom stereocenters. The number of nitrogens with one attached hydrogen (secondary N) is 1. The molecule has 2 rings (SSSR count). The number of rotatable bonds is 4. The van der Waals surface area contributed by atoms with E-state index in [9.17, 15) is 9.50 Å². The number of phenols is 1.